The SMILES string of the molecule is Cc1cccc(-n2c(SCC(=O)Nc3ccc4c(c3)CCC4)nc3ccccc3c2=O)c1C. The number of para-hydroxylation sites is 1. The molecule has 1 N–H and O–H groups in total. The first kappa shape index (κ1) is 21.5. The van der Waals surface area contributed by atoms with Gasteiger partial charge in [0.05, 0.1) is 22.3 Å². The maximum atomic E-state index is 13.5. The summed E-state index contributed by atoms with van der Waals surface area (Å²) < 4.78 is 1.64. The van der Waals surface area contributed by atoms with Crippen molar-refractivity contribution in [1.29, 1.82) is 0 Å². The number of benzene rings is 3. The molecule has 166 valence electrons. The van der Waals surface area contributed by atoms with Crippen LogP contribution in [0.4, 0.5) is 5.69 Å². The summed E-state index contributed by atoms with van der Waals surface area (Å²) >= 11 is 1.28. The van der Waals surface area contributed by atoms with E-state index in [4.69, 9.17) is 4.98 Å². The molecule has 33 heavy (non-hydrogen) atoms. The highest BCUT2D eigenvalue weighted by molar-refractivity contribution is 7.99. The van der Waals surface area contributed by atoms with Crippen LogP contribution in [0.15, 0.2) is 70.6 Å². The highest BCUT2D eigenvalue weighted by Crippen LogP contribution is 2.26. The Labute approximate surface area is 196 Å². The van der Waals surface area contributed by atoms with Crippen LogP contribution < -0.4 is 10.9 Å². The third kappa shape index (κ3) is 4.18. The van der Waals surface area contributed by atoms with Gasteiger partial charge in [-0.2, -0.15) is 0 Å². The van der Waals surface area contributed by atoms with Crippen molar-refractivity contribution in [2.75, 3.05) is 11.1 Å². The molecule has 5 rings (SSSR count). The Morgan fingerprint density at radius 3 is 2.73 bits per heavy atom. The number of carbonyl (C=O) groups excluding carboxylic acids is 1. The van der Waals surface area contributed by atoms with Gasteiger partial charge in [-0.1, -0.05) is 42.1 Å². The van der Waals surface area contributed by atoms with Crippen LogP contribution in [0.3, 0.4) is 0 Å². The van der Waals surface area contributed by atoms with Crippen molar-refractivity contribution in [3.63, 3.8) is 0 Å². The quantitative estimate of drug-likeness (QED) is 0.331. The van der Waals surface area contributed by atoms with E-state index in [2.05, 4.69) is 17.4 Å². The number of hydrogen-bond acceptors (Lipinski definition) is 4. The second-order valence-corrected chi connectivity index (χ2v) is 9.39. The number of amides is 1. The van der Waals surface area contributed by atoms with E-state index in [0.717, 1.165) is 35.3 Å². The molecule has 1 heterocycles. The summed E-state index contributed by atoms with van der Waals surface area (Å²) in [6.45, 7) is 4.02. The molecule has 1 aliphatic carbocycles. The highest BCUT2D eigenvalue weighted by Gasteiger charge is 2.17. The van der Waals surface area contributed by atoms with Crippen LogP contribution in [-0.2, 0) is 17.6 Å². The van der Waals surface area contributed by atoms with Gasteiger partial charge in [0.25, 0.3) is 5.56 Å². The van der Waals surface area contributed by atoms with Crippen LogP contribution in [0.2, 0.25) is 0 Å². The topological polar surface area (TPSA) is 64.0 Å². The molecule has 0 aliphatic heterocycles. The third-order valence-electron chi connectivity index (χ3n) is 6.28. The molecule has 5 nitrogen and oxygen atoms in total. The smallest absolute Gasteiger partial charge is 0.266 e. The van der Waals surface area contributed by atoms with Crippen molar-refractivity contribution in [2.45, 2.75) is 38.3 Å². The average Bonchev–Trinajstić information content (AvgIpc) is 3.28. The minimum Gasteiger partial charge on any atom is -0.325 e. The third-order valence-corrected chi connectivity index (χ3v) is 7.22. The van der Waals surface area contributed by atoms with E-state index >= 15 is 0 Å². The van der Waals surface area contributed by atoms with Gasteiger partial charge in [0.1, 0.15) is 0 Å². The van der Waals surface area contributed by atoms with Gasteiger partial charge >= 0.3 is 0 Å². The summed E-state index contributed by atoms with van der Waals surface area (Å²) in [6.07, 6.45) is 3.35. The number of carbonyl (C=O) groups is 1. The number of anilines is 1. The van der Waals surface area contributed by atoms with Crippen molar-refractivity contribution >= 4 is 34.3 Å². The number of nitrogens with one attached hydrogen (secondary N) is 1. The average molecular weight is 456 g/mol. The first-order valence-corrected chi connectivity index (χ1v) is 12.1. The molecule has 1 aliphatic rings. The Bertz CT molecular complexity index is 1440. The fraction of sp³-hybridized carbons (Fsp3) is 0.222. The first-order chi connectivity index (χ1) is 16.0. The summed E-state index contributed by atoms with van der Waals surface area (Å²) in [5.41, 5.74) is 6.92. The lowest BCUT2D eigenvalue weighted by atomic mass is 10.1. The van der Waals surface area contributed by atoms with Crippen molar-refractivity contribution in [2.24, 2.45) is 0 Å². The standard InChI is InChI=1S/C27H25N3O2S/c1-17-7-5-12-24(18(17)2)30-26(32)22-10-3-4-11-23(22)29-27(30)33-16-25(31)28-21-14-13-19-8-6-9-20(19)15-21/h3-5,7,10-15H,6,8-9,16H2,1-2H3,(H,28,31). The molecule has 3 aromatic carbocycles. The normalized spacial score (nSPS) is 12.7. The van der Waals surface area contributed by atoms with Crippen LogP contribution in [-0.4, -0.2) is 21.2 Å². The molecule has 0 bridgehead atoms. The molecule has 0 saturated carbocycles. The van der Waals surface area contributed by atoms with E-state index in [1.54, 1.807) is 10.6 Å². The van der Waals surface area contributed by atoms with Gasteiger partial charge in [0.2, 0.25) is 5.91 Å². The lowest BCUT2D eigenvalue weighted by Crippen LogP contribution is -2.23. The van der Waals surface area contributed by atoms with E-state index in [1.807, 2.05) is 56.3 Å². The number of aryl methyl sites for hydroxylation is 3. The minimum atomic E-state index is -0.129. The highest BCUT2D eigenvalue weighted by atomic mass is 32.2. The lowest BCUT2D eigenvalue weighted by molar-refractivity contribution is -0.113. The number of hydrogen-bond donors (Lipinski definition) is 1. The molecule has 0 saturated heterocycles. The molecule has 6 heteroatoms. The Hall–Kier alpha value is -3.38. The van der Waals surface area contributed by atoms with Crippen molar-refractivity contribution in [3.05, 3.63) is 93.3 Å². The number of fused-ring (bicyclic) bond motifs is 2. The number of rotatable bonds is 5. The van der Waals surface area contributed by atoms with Crippen LogP contribution in [0.1, 0.15) is 28.7 Å². The van der Waals surface area contributed by atoms with Gasteiger partial charge in [0, 0.05) is 5.69 Å². The first-order valence-electron chi connectivity index (χ1n) is 11.1. The Balaban J connectivity index is 1.46. The van der Waals surface area contributed by atoms with Crippen molar-refractivity contribution in [1.82, 2.24) is 9.55 Å². The fourth-order valence-electron chi connectivity index (χ4n) is 4.38. The number of aromatic nitrogens is 2. The number of nitrogens with zero attached hydrogens (tertiary/aromatic N) is 2. The summed E-state index contributed by atoms with van der Waals surface area (Å²) in [5, 5.41) is 4.07. The molecule has 1 aromatic heterocycles. The second kappa shape index (κ2) is 8.87. The molecule has 1 amide bonds. The largest absolute Gasteiger partial charge is 0.325 e. The molecular formula is C27H25N3O2S. The van der Waals surface area contributed by atoms with E-state index in [9.17, 15) is 9.59 Å². The number of thioether (sulfide) groups is 1. The molecule has 4 aromatic rings. The molecule has 0 radical (unpaired) electrons. The second-order valence-electron chi connectivity index (χ2n) is 8.45. The van der Waals surface area contributed by atoms with Crippen molar-refractivity contribution < 1.29 is 4.79 Å². The lowest BCUT2D eigenvalue weighted by Gasteiger charge is -2.16. The van der Waals surface area contributed by atoms with Crippen molar-refractivity contribution in [3.8, 4) is 5.69 Å². The molecule has 0 unspecified atom stereocenters. The molecule has 0 spiro atoms. The van der Waals surface area contributed by atoms with E-state index in [-0.39, 0.29) is 17.2 Å². The van der Waals surface area contributed by atoms with E-state index in [1.165, 1.54) is 29.3 Å². The van der Waals surface area contributed by atoms with Gasteiger partial charge in [-0.25, -0.2) is 4.98 Å². The zero-order valence-corrected chi connectivity index (χ0v) is 19.5. The zero-order valence-electron chi connectivity index (χ0n) is 18.7. The van der Waals surface area contributed by atoms with Gasteiger partial charge in [-0.15, -0.1) is 0 Å². The maximum Gasteiger partial charge on any atom is 0.266 e. The van der Waals surface area contributed by atoms with Gasteiger partial charge in [-0.3, -0.25) is 14.2 Å². The maximum absolute atomic E-state index is 13.5. The van der Waals surface area contributed by atoms with Crippen LogP contribution in [0.5, 0.6) is 0 Å². The van der Waals surface area contributed by atoms with E-state index in [0.29, 0.717) is 16.1 Å². The Kier molecular flexibility index (Phi) is 5.77. The van der Waals surface area contributed by atoms with Crippen LogP contribution in [0, 0.1) is 13.8 Å². The van der Waals surface area contributed by atoms with Crippen LogP contribution >= 0.6 is 11.8 Å². The zero-order chi connectivity index (χ0) is 22.9. The monoisotopic (exact) mass is 455 g/mol. The van der Waals surface area contributed by atoms with Gasteiger partial charge in [-0.05, 0) is 85.7 Å². The van der Waals surface area contributed by atoms with Gasteiger partial charge < -0.3 is 5.32 Å². The summed E-state index contributed by atoms with van der Waals surface area (Å²) in [7, 11) is 0. The summed E-state index contributed by atoms with van der Waals surface area (Å²) in [5.74, 6) is 0.0417. The fourth-order valence-corrected chi connectivity index (χ4v) is 5.18. The predicted molar refractivity (Wildman–Crippen MR) is 135 cm³/mol. The summed E-state index contributed by atoms with van der Waals surface area (Å²) in [4.78, 5) is 31.0. The summed E-state index contributed by atoms with van der Waals surface area (Å²) in [6, 6.07) is 19.4. The predicted octanol–water partition coefficient (Wildman–Crippen LogP) is 5.22. The Morgan fingerprint density at radius 2 is 1.85 bits per heavy atom. The van der Waals surface area contributed by atoms with E-state index < -0.39 is 0 Å². The minimum absolute atomic E-state index is 0.118. The Morgan fingerprint density at radius 1 is 1.03 bits per heavy atom. The van der Waals surface area contributed by atoms with Gasteiger partial charge in [0.15, 0.2) is 5.16 Å². The molecule has 0 fully saturated rings. The molecule has 0 atom stereocenters. The molecular weight excluding hydrogens is 430 g/mol. The van der Waals surface area contributed by atoms with Crippen LogP contribution in [0.25, 0.3) is 16.6 Å².